The first-order chi connectivity index (χ1) is 18.6. The molecule has 41 heavy (non-hydrogen) atoms. The van der Waals surface area contributed by atoms with Crippen LogP contribution in [0.2, 0.25) is 15.1 Å². The molecule has 0 aliphatic heterocycles. The van der Waals surface area contributed by atoms with E-state index < -0.39 is 93.2 Å². The minimum atomic E-state index is -5.28. The number of rotatable bonds is 9. The summed E-state index contributed by atoms with van der Waals surface area (Å²) >= 11 is 17.2. The van der Waals surface area contributed by atoms with Gasteiger partial charge in [0.1, 0.15) is 11.7 Å². The van der Waals surface area contributed by atoms with Crippen molar-refractivity contribution in [1.82, 2.24) is 5.32 Å². The second kappa shape index (κ2) is 13.5. The lowest BCUT2D eigenvalue weighted by atomic mass is 9.95. The van der Waals surface area contributed by atoms with Gasteiger partial charge in [0, 0.05) is 33.9 Å². The maximum Gasteiger partial charge on any atom is 0.417 e. The summed E-state index contributed by atoms with van der Waals surface area (Å²) in [5.41, 5.74) is -4.36. The quantitative estimate of drug-likeness (QED) is 0.212. The van der Waals surface area contributed by atoms with Crippen molar-refractivity contribution in [2.75, 3.05) is 11.5 Å². The number of carbonyl (C=O) groups excluding carboxylic acids is 1. The molecule has 0 spiro atoms. The summed E-state index contributed by atoms with van der Waals surface area (Å²) < 4.78 is 146. The Balaban J connectivity index is 2.39. The van der Waals surface area contributed by atoms with Crippen molar-refractivity contribution in [3.63, 3.8) is 0 Å². The Morgan fingerprint density at radius 3 is 2.02 bits per heavy atom. The molecule has 2 aromatic carbocycles. The van der Waals surface area contributed by atoms with Crippen LogP contribution in [-0.4, -0.2) is 40.0 Å². The van der Waals surface area contributed by atoms with Gasteiger partial charge in [-0.3, -0.25) is 9.00 Å². The average molecular weight is 681 g/mol. The molecule has 2 aromatic rings. The third-order valence-corrected chi connectivity index (χ3v) is 8.03. The third kappa shape index (κ3) is 10.3. The van der Waals surface area contributed by atoms with Crippen molar-refractivity contribution in [2.45, 2.75) is 43.8 Å². The molecule has 2 rings (SSSR count). The molecule has 0 aromatic heterocycles. The molecular weight excluding hydrogens is 663 g/mol. The van der Waals surface area contributed by atoms with Crippen LogP contribution in [0.3, 0.4) is 0 Å². The van der Waals surface area contributed by atoms with Crippen molar-refractivity contribution < 1.29 is 52.9 Å². The number of allylic oxidation sites excluding steroid dienone is 1. The smallest absolute Gasteiger partial charge is 0.349 e. The number of halogens is 13. The maximum atomic E-state index is 15.0. The number of hydrogen-bond acceptors (Lipinski definition) is 2. The molecule has 228 valence electrons. The zero-order valence-corrected chi connectivity index (χ0v) is 23.5. The zero-order chi connectivity index (χ0) is 31.5. The highest BCUT2D eigenvalue weighted by Gasteiger charge is 2.41. The van der Waals surface area contributed by atoms with Crippen LogP contribution in [0.5, 0.6) is 0 Å². The van der Waals surface area contributed by atoms with E-state index in [-0.39, 0.29) is 27.2 Å². The maximum absolute atomic E-state index is 15.0. The van der Waals surface area contributed by atoms with Gasteiger partial charge in [-0.05, 0) is 42.8 Å². The normalized spacial score (nSPS) is 15.4. The van der Waals surface area contributed by atoms with Crippen molar-refractivity contribution in [3.05, 3.63) is 73.7 Å². The van der Waals surface area contributed by atoms with Crippen LogP contribution < -0.4 is 5.32 Å². The SMILES string of the molecule is CC(CS(=O)CCC(F)(F)F)NC(=O)c1ccc(/C(F)=C/C(c2cc(Cl)c(Cl)c(Cl)c2)C(F)(F)F)cc1C(F)(F)F. The van der Waals surface area contributed by atoms with E-state index in [0.717, 1.165) is 12.1 Å². The Labute approximate surface area is 244 Å². The molecule has 1 N–H and O–H groups in total. The summed E-state index contributed by atoms with van der Waals surface area (Å²) in [6.45, 7) is 1.19. The predicted octanol–water partition coefficient (Wildman–Crippen LogP) is 9.14. The number of benzene rings is 2. The van der Waals surface area contributed by atoms with E-state index in [9.17, 15) is 52.9 Å². The number of hydrogen-bond donors (Lipinski definition) is 1. The van der Waals surface area contributed by atoms with Crippen LogP contribution in [0.1, 0.15) is 46.3 Å². The molecular formula is C24H18Cl3F10NO2S. The molecule has 3 nitrogen and oxygen atoms in total. The van der Waals surface area contributed by atoms with Crippen LogP contribution >= 0.6 is 34.8 Å². The Bertz CT molecular complexity index is 1300. The first kappa shape index (κ1) is 35.2. The van der Waals surface area contributed by atoms with Gasteiger partial charge < -0.3 is 5.32 Å². The molecule has 3 unspecified atom stereocenters. The highest BCUT2D eigenvalue weighted by Crippen LogP contribution is 2.42. The summed E-state index contributed by atoms with van der Waals surface area (Å²) in [6, 6.07) is 1.69. The van der Waals surface area contributed by atoms with E-state index >= 15 is 0 Å². The largest absolute Gasteiger partial charge is 0.417 e. The molecule has 0 radical (unpaired) electrons. The molecule has 1 amide bonds. The molecule has 3 atom stereocenters. The number of carbonyl (C=O) groups is 1. The van der Waals surface area contributed by atoms with E-state index in [0.29, 0.717) is 12.1 Å². The van der Waals surface area contributed by atoms with E-state index in [1.165, 1.54) is 6.92 Å². The van der Waals surface area contributed by atoms with E-state index in [4.69, 9.17) is 34.8 Å². The fourth-order valence-electron chi connectivity index (χ4n) is 3.44. The Kier molecular flexibility index (Phi) is 11.6. The zero-order valence-electron chi connectivity index (χ0n) is 20.4. The molecule has 0 saturated heterocycles. The summed E-state index contributed by atoms with van der Waals surface area (Å²) in [5.74, 6) is -7.10. The molecule has 0 fully saturated rings. The van der Waals surface area contributed by atoms with Gasteiger partial charge in [0.15, 0.2) is 0 Å². The summed E-state index contributed by atoms with van der Waals surface area (Å²) in [6.07, 6.45) is -16.4. The third-order valence-electron chi connectivity index (χ3n) is 5.30. The summed E-state index contributed by atoms with van der Waals surface area (Å²) in [5, 5.41) is 1.03. The lowest BCUT2D eigenvalue weighted by Gasteiger charge is -2.19. The minimum absolute atomic E-state index is 0.00344. The lowest BCUT2D eigenvalue weighted by molar-refractivity contribution is -0.140. The highest BCUT2D eigenvalue weighted by molar-refractivity contribution is 7.85. The highest BCUT2D eigenvalue weighted by atomic mass is 35.5. The van der Waals surface area contributed by atoms with Gasteiger partial charge in [-0.2, -0.15) is 39.5 Å². The molecule has 0 heterocycles. The van der Waals surface area contributed by atoms with Gasteiger partial charge in [-0.15, -0.1) is 0 Å². The Morgan fingerprint density at radius 1 is 0.976 bits per heavy atom. The van der Waals surface area contributed by atoms with Crippen LogP contribution in [-0.2, 0) is 17.0 Å². The summed E-state index contributed by atoms with van der Waals surface area (Å²) in [4.78, 5) is 12.5. The molecule has 0 aliphatic rings. The van der Waals surface area contributed by atoms with Crippen molar-refractivity contribution in [1.29, 1.82) is 0 Å². The van der Waals surface area contributed by atoms with E-state index in [1.54, 1.807) is 0 Å². The van der Waals surface area contributed by atoms with E-state index in [1.807, 2.05) is 0 Å². The standard InChI is InChI=1S/C24H18Cl3F10NO2S/c1-11(10-41(40)5-4-22(29,30)31)38-21(39)14-3-2-12(6-16(14)24(35,36)37)19(28)9-15(23(32,33)34)13-7-17(25)20(27)18(26)8-13/h2-3,6-9,11,15H,4-5,10H2,1H3,(H,38,39)/b19-9-. The first-order valence-electron chi connectivity index (χ1n) is 11.1. The summed E-state index contributed by atoms with van der Waals surface area (Å²) in [7, 11) is -2.07. The van der Waals surface area contributed by atoms with Crippen molar-refractivity contribution >= 4 is 57.3 Å². The van der Waals surface area contributed by atoms with Gasteiger partial charge in [-0.1, -0.05) is 40.9 Å². The second-order valence-corrected chi connectivity index (χ2v) is 11.5. The fraction of sp³-hybridized carbons (Fsp3) is 0.375. The number of alkyl halides is 9. The van der Waals surface area contributed by atoms with Gasteiger partial charge in [0.05, 0.1) is 32.6 Å². The van der Waals surface area contributed by atoms with Crippen molar-refractivity contribution in [3.8, 4) is 0 Å². The fourth-order valence-corrected chi connectivity index (χ4v) is 5.32. The van der Waals surface area contributed by atoms with Gasteiger partial charge >= 0.3 is 18.5 Å². The van der Waals surface area contributed by atoms with Crippen LogP contribution in [0.15, 0.2) is 36.4 Å². The average Bonchev–Trinajstić information content (AvgIpc) is 2.82. The molecule has 17 heteroatoms. The lowest BCUT2D eigenvalue weighted by Crippen LogP contribution is -2.37. The number of amides is 1. The predicted molar refractivity (Wildman–Crippen MR) is 136 cm³/mol. The minimum Gasteiger partial charge on any atom is -0.349 e. The second-order valence-electron chi connectivity index (χ2n) is 8.64. The van der Waals surface area contributed by atoms with Crippen molar-refractivity contribution in [2.24, 2.45) is 0 Å². The van der Waals surface area contributed by atoms with Gasteiger partial charge in [-0.25, -0.2) is 4.39 Å². The topological polar surface area (TPSA) is 46.2 Å². The molecule has 0 saturated carbocycles. The van der Waals surface area contributed by atoms with Gasteiger partial charge in [0.25, 0.3) is 5.91 Å². The first-order valence-corrected chi connectivity index (χ1v) is 13.7. The van der Waals surface area contributed by atoms with Crippen LogP contribution in [0, 0.1) is 0 Å². The van der Waals surface area contributed by atoms with Crippen LogP contribution in [0.25, 0.3) is 5.83 Å². The Morgan fingerprint density at radius 2 is 1.54 bits per heavy atom. The van der Waals surface area contributed by atoms with E-state index in [2.05, 4.69) is 5.32 Å². The van der Waals surface area contributed by atoms with Gasteiger partial charge in [0.2, 0.25) is 0 Å². The number of nitrogens with one attached hydrogen (secondary N) is 1. The molecule has 0 aliphatic carbocycles. The molecule has 0 bridgehead atoms. The van der Waals surface area contributed by atoms with Crippen LogP contribution in [0.4, 0.5) is 43.9 Å². The monoisotopic (exact) mass is 679 g/mol. The Hall–Kier alpha value is -2.03.